The molecule has 0 unspecified atom stereocenters. The van der Waals surface area contributed by atoms with Crippen molar-refractivity contribution < 1.29 is 18.7 Å². The maximum Gasteiger partial charge on any atom is 0.338 e. The van der Waals surface area contributed by atoms with Crippen LogP contribution in [-0.2, 0) is 4.74 Å². The van der Waals surface area contributed by atoms with Crippen molar-refractivity contribution in [1.29, 1.82) is 0 Å². The molecule has 168 valence electrons. The number of carbonyl (C=O) groups excluding carboxylic acids is 1. The summed E-state index contributed by atoms with van der Waals surface area (Å²) in [5.41, 5.74) is 6.46. The summed E-state index contributed by atoms with van der Waals surface area (Å²) in [5, 5.41) is 1.01. The molecule has 4 heteroatoms. The van der Waals surface area contributed by atoms with Gasteiger partial charge in [-0.25, -0.2) is 4.79 Å². The van der Waals surface area contributed by atoms with E-state index < -0.39 is 0 Å². The zero-order valence-electron chi connectivity index (χ0n) is 19.1. The predicted octanol–water partition coefficient (Wildman–Crippen LogP) is 7.62. The van der Waals surface area contributed by atoms with Crippen LogP contribution in [0.5, 0.6) is 5.75 Å². The van der Waals surface area contributed by atoms with Crippen molar-refractivity contribution in [2.24, 2.45) is 0 Å². The van der Waals surface area contributed by atoms with Crippen LogP contribution in [0.1, 0.15) is 17.3 Å². The van der Waals surface area contributed by atoms with E-state index in [2.05, 4.69) is 12.1 Å². The summed E-state index contributed by atoms with van der Waals surface area (Å²) < 4.78 is 16.8. The number of fused-ring (bicyclic) bond motifs is 1. The van der Waals surface area contributed by atoms with Crippen LogP contribution in [0.25, 0.3) is 44.5 Å². The zero-order chi connectivity index (χ0) is 23.5. The standard InChI is InChI=1S/C30H24O4/c1-3-33-30(31)23-11-9-21(10-12-23)28-26-19-24(20-13-16-25(32-2)17-14-20)15-18-27(26)34-29(28)22-7-5-4-6-8-22/h4-19H,3H2,1-2H3. The molecule has 0 amide bonds. The van der Waals surface area contributed by atoms with Gasteiger partial charge in [0.1, 0.15) is 17.1 Å². The summed E-state index contributed by atoms with van der Waals surface area (Å²) in [7, 11) is 1.66. The molecule has 0 fully saturated rings. The highest BCUT2D eigenvalue weighted by molar-refractivity contribution is 6.03. The van der Waals surface area contributed by atoms with E-state index in [4.69, 9.17) is 13.9 Å². The monoisotopic (exact) mass is 448 g/mol. The van der Waals surface area contributed by atoms with Crippen LogP contribution in [0.4, 0.5) is 0 Å². The average Bonchev–Trinajstić information content (AvgIpc) is 3.28. The molecule has 0 bridgehead atoms. The summed E-state index contributed by atoms with van der Waals surface area (Å²) >= 11 is 0. The minimum Gasteiger partial charge on any atom is -0.497 e. The quantitative estimate of drug-likeness (QED) is 0.251. The topological polar surface area (TPSA) is 48.7 Å². The van der Waals surface area contributed by atoms with Crippen molar-refractivity contribution in [2.45, 2.75) is 6.92 Å². The molecule has 0 N–H and O–H groups in total. The molecule has 1 heterocycles. The molecule has 0 aliphatic rings. The van der Waals surface area contributed by atoms with E-state index in [0.29, 0.717) is 12.2 Å². The summed E-state index contributed by atoms with van der Waals surface area (Å²) in [6.07, 6.45) is 0. The van der Waals surface area contributed by atoms with Gasteiger partial charge in [-0.1, -0.05) is 60.7 Å². The molecule has 0 aliphatic carbocycles. The van der Waals surface area contributed by atoms with Crippen LogP contribution in [-0.4, -0.2) is 19.7 Å². The number of hydrogen-bond acceptors (Lipinski definition) is 4. The molecular formula is C30H24O4. The minimum atomic E-state index is -0.323. The molecular weight excluding hydrogens is 424 g/mol. The lowest BCUT2D eigenvalue weighted by atomic mass is 9.95. The van der Waals surface area contributed by atoms with E-state index in [1.165, 1.54) is 0 Å². The molecule has 4 aromatic carbocycles. The predicted molar refractivity (Wildman–Crippen MR) is 135 cm³/mol. The fourth-order valence-corrected chi connectivity index (χ4v) is 4.13. The molecule has 0 saturated carbocycles. The smallest absolute Gasteiger partial charge is 0.338 e. The number of rotatable bonds is 6. The Morgan fingerprint density at radius 2 is 1.44 bits per heavy atom. The summed E-state index contributed by atoms with van der Waals surface area (Å²) in [5.74, 6) is 1.30. The van der Waals surface area contributed by atoms with Gasteiger partial charge in [0.15, 0.2) is 0 Å². The molecule has 1 aromatic heterocycles. The first-order valence-corrected chi connectivity index (χ1v) is 11.2. The van der Waals surface area contributed by atoms with E-state index in [-0.39, 0.29) is 5.97 Å². The number of furan rings is 1. The molecule has 0 spiro atoms. The fourth-order valence-electron chi connectivity index (χ4n) is 4.13. The number of hydrogen-bond donors (Lipinski definition) is 0. The Labute approximate surface area is 198 Å². The summed E-state index contributed by atoms with van der Waals surface area (Å²) in [6.45, 7) is 2.15. The van der Waals surface area contributed by atoms with Crippen LogP contribution in [0.15, 0.2) is 101 Å². The lowest BCUT2D eigenvalue weighted by Gasteiger charge is -2.07. The van der Waals surface area contributed by atoms with E-state index in [1.807, 2.05) is 72.8 Å². The van der Waals surface area contributed by atoms with E-state index in [0.717, 1.165) is 50.3 Å². The van der Waals surface area contributed by atoms with Gasteiger partial charge in [-0.3, -0.25) is 0 Å². The van der Waals surface area contributed by atoms with Gasteiger partial charge < -0.3 is 13.9 Å². The average molecular weight is 449 g/mol. The van der Waals surface area contributed by atoms with Crippen LogP contribution < -0.4 is 4.74 Å². The number of benzene rings is 4. The van der Waals surface area contributed by atoms with Gasteiger partial charge in [-0.2, -0.15) is 0 Å². The first-order valence-electron chi connectivity index (χ1n) is 11.2. The van der Waals surface area contributed by atoms with Gasteiger partial charge >= 0.3 is 5.97 Å². The SMILES string of the molecule is CCOC(=O)c1ccc(-c2c(-c3ccccc3)oc3ccc(-c4ccc(OC)cc4)cc23)cc1. The second-order valence-electron chi connectivity index (χ2n) is 7.91. The minimum absolute atomic E-state index is 0.323. The lowest BCUT2D eigenvalue weighted by molar-refractivity contribution is 0.0526. The highest BCUT2D eigenvalue weighted by Crippen LogP contribution is 2.42. The molecule has 5 aromatic rings. The Morgan fingerprint density at radius 3 is 2.12 bits per heavy atom. The number of methoxy groups -OCH3 is 1. The van der Waals surface area contributed by atoms with Crippen molar-refractivity contribution in [1.82, 2.24) is 0 Å². The van der Waals surface area contributed by atoms with Gasteiger partial charge in [0.05, 0.1) is 19.3 Å². The molecule has 4 nitrogen and oxygen atoms in total. The molecule has 34 heavy (non-hydrogen) atoms. The Balaban J connectivity index is 1.67. The van der Waals surface area contributed by atoms with Crippen molar-refractivity contribution in [3.63, 3.8) is 0 Å². The van der Waals surface area contributed by atoms with Gasteiger partial charge in [-0.15, -0.1) is 0 Å². The molecule has 0 aliphatic heterocycles. The second kappa shape index (κ2) is 9.28. The highest BCUT2D eigenvalue weighted by Gasteiger charge is 2.19. The lowest BCUT2D eigenvalue weighted by Crippen LogP contribution is -2.04. The van der Waals surface area contributed by atoms with Gasteiger partial charge in [0, 0.05) is 16.5 Å². The summed E-state index contributed by atoms with van der Waals surface area (Å²) in [4.78, 5) is 12.1. The highest BCUT2D eigenvalue weighted by atomic mass is 16.5. The van der Waals surface area contributed by atoms with Gasteiger partial charge in [0.2, 0.25) is 0 Å². The van der Waals surface area contributed by atoms with Crippen molar-refractivity contribution >= 4 is 16.9 Å². The van der Waals surface area contributed by atoms with Gasteiger partial charge in [0.25, 0.3) is 0 Å². The molecule has 0 atom stereocenters. The first kappa shape index (κ1) is 21.5. The molecule has 5 rings (SSSR count). The van der Waals surface area contributed by atoms with E-state index in [1.54, 1.807) is 26.2 Å². The first-order chi connectivity index (χ1) is 16.7. The third-order valence-electron chi connectivity index (χ3n) is 5.83. The van der Waals surface area contributed by atoms with Gasteiger partial charge in [-0.05, 0) is 60.0 Å². The van der Waals surface area contributed by atoms with Crippen molar-refractivity contribution in [3.05, 3.63) is 103 Å². The Bertz CT molecular complexity index is 1430. The van der Waals surface area contributed by atoms with Crippen molar-refractivity contribution in [2.75, 3.05) is 13.7 Å². The summed E-state index contributed by atoms with van der Waals surface area (Å²) in [6, 6.07) is 31.8. The normalized spacial score (nSPS) is 10.9. The number of ether oxygens (including phenoxy) is 2. The number of esters is 1. The van der Waals surface area contributed by atoms with Crippen LogP contribution in [0, 0.1) is 0 Å². The van der Waals surface area contributed by atoms with Crippen LogP contribution >= 0.6 is 0 Å². The van der Waals surface area contributed by atoms with Crippen molar-refractivity contribution in [3.8, 4) is 39.3 Å². The van der Waals surface area contributed by atoms with Crippen LogP contribution in [0.3, 0.4) is 0 Å². The largest absolute Gasteiger partial charge is 0.497 e. The second-order valence-corrected chi connectivity index (χ2v) is 7.91. The third kappa shape index (κ3) is 4.06. The van der Waals surface area contributed by atoms with E-state index >= 15 is 0 Å². The zero-order valence-corrected chi connectivity index (χ0v) is 19.1. The Hall–Kier alpha value is -4.31. The Kier molecular flexibility index (Phi) is 5.88. The maximum absolute atomic E-state index is 12.1. The molecule has 0 saturated heterocycles. The third-order valence-corrected chi connectivity index (χ3v) is 5.83. The van der Waals surface area contributed by atoms with Crippen LogP contribution in [0.2, 0.25) is 0 Å². The van der Waals surface area contributed by atoms with E-state index in [9.17, 15) is 4.79 Å². The fraction of sp³-hybridized carbons (Fsp3) is 0.100. The molecule has 0 radical (unpaired) electrons. The Morgan fingerprint density at radius 1 is 0.765 bits per heavy atom. The number of carbonyl (C=O) groups is 1. The maximum atomic E-state index is 12.1.